The van der Waals surface area contributed by atoms with E-state index in [0.29, 0.717) is 6.42 Å². The Hall–Kier alpha value is -1.32. The third kappa shape index (κ3) is 3.08. The molecule has 0 saturated heterocycles. The fourth-order valence-electron chi connectivity index (χ4n) is 1.32. The number of aromatic nitrogens is 2. The second-order valence-electron chi connectivity index (χ2n) is 3.93. The molecule has 15 heavy (non-hydrogen) atoms. The normalized spacial score (nSPS) is 10.4. The van der Waals surface area contributed by atoms with E-state index in [1.807, 2.05) is 18.4 Å². The molecule has 0 spiro atoms. The van der Waals surface area contributed by atoms with Gasteiger partial charge in [0, 0.05) is 32.8 Å². The van der Waals surface area contributed by atoms with Crippen molar-refractivity contribution in [3.8, 4) is 0 Å². The van der Waals surface area contributed by atoms with Gasteiger partial charge >= 0.3 is 0 Å². The molecule has 1 amide bonds. The Balaban J connectivity index is 2.38. The Labute approximate surface area is 90.9 Å². The van der Waals surface area contributed by atoms with Gasteiger partial charge in [-0.1, -0.05) is 0 Å². The Bertz CT molecular complexity index is 342. The van der Waals surface area contributed by atoms with Crippen molar-refractivity contribution in [2.24, 2.45) is 0 Å². The van der Waals surface area contributed by atoms with Crippen LogP contribution in [0.1, 0.15) is 24.2 Å². The highest BCUT2D eigenvalue weighted by atomic mass is 16.2. The molecule has 1 heterocycles. The van der Waals surface area contributed by atoms with Gasteiger partial charge in [0.2, 0.25) is 5.91 Å². The zero-order valence-corrected chi connectivity index (χ0v) is 9.87. The molecule has 4 nitrogen and oxygen atoms in total. The largest absolute Gasteiger partial charge is 0.349 e. The summed E-state index contributed by atoms with van der Waals surface area (Å²) >= 11 is 0. The van der Waals surface area contributed by atoms with Gasteiger partial charge < -0.3 is 9.47 Å². The zero-order valence-electron chi connectivity index (χ0n) is 9.87. The molecular formula is C11H18N3O. The lowest BCUT2D eigenvalue weighted by Crippen LogP contribution is -2.21. The molecule has 1 aromatic rings. The van der Waals surface area contributed by atoms with Crippen LogP contribution < -0.4 is 0 Å². The fourth-order valence-corrected chi connectivity index (χ4v) is 1.32. The molecule has 0 aliphatic rings. The second kappa shape index (κ2) is 4.96. The first-order chi connectivity index (χ1) is 7.02. The van der Waals surface area contributed by atoms with E-state index in [4.69, 9.17) is 0 Å². The first-order valence-electron chi connectivity index (χ1n) is 5.14. The maximum absolute atomic E-state index is 11.3. The van der Waals surface area contributed by atoms with Crippen molar-refractivity contribution in [2.45, 2.75) is 33.2 Å². The van der Waals surface area contributed by atoms with Crippen molar-refractivity contribution in [1.29, 1.82) is 0 Å². The van der Waals surface area contributed by atoms with Gasteiger partial charge in [0.25, 0.3) is 0 Å². The maximum atomic E-state index is 11.3. The summed E-state index contributed by atoms with van der Waals surface area (Å²) in [5.74, 6) is 0.171. The molecule has 1 radical (unpaired) electrons. The monoisotopic (exact) mass is 208 g/mol. The summed E-state index contributed by atoms with van der Waals surface area (Å²) in [6.07, 6.45) is 4.34. The standard InChI is InChI=1S/C11H18N3O/c1-9-10(2)14(8-12-9)7-5-6-11(15)13(3)4/h5-7H2,1-4H3. The maximum Gasteiger partial charge on any atom is 0.222 e. The Morgan fingerprint density at radius 1 is 1.47 bits per heavy atom. The van der Waals surface area contributed by atoms with Crippen LogP contribution in [0.3, 0.4) is 0 Å². The minimum atomic E-state index is 0.171. The van der Waals surface area contributed by atoms with E-state index in [-0.39, 0.29) is 5.91 Å². The lowest BCUT2D eigenvalue weighted by molar-refractivity contribution is -0.128. The van der Waals surface area contributed by atoms with Crippen molar-refractivity contribution in [1.82, 2.24) is 14.5 Å². The minimum absolute atomic E-state index is 0.171. The third-order valence-electron chi connectivity index (χ3n) is 2.54. The molecule has 0 saturated carbocycles. The molecule has 1 rings (SSSR count). The number of imidazole rings is 1. The Morgan fingerprint density at radius 2 is 2.13 bits per heavy atom. The molecule has 0 N–H and O–H groups in total. The summed E-state index contributed by atoms with van der Waals surface area (Å²) in [5, 5.41) is 0. The van der Waals surface area contributed by atoms with Gasteiger partial charge in [0.1, 0.15) is 0 Å². The van der Waals surface area contributed by atoms with Gasteiger partial charge in [-0.25, -0.2) is 4.98 Å². The number of carbonyl (C=O) groups is 1. The van der Waals surface area contributed by atoms with Crippen LogP contribution in [0.5, 0.6) is 0 Å². The number of rotatable bonds is 4. The predicted molar refractivity (Wildman–Crippen MR) is 58.5 cm³/mol. The highest BCUT2D eigenvalue weighted by Crippen LogP contribution is 2.05. The first-order valence-corrected chi connectivity index (χ1v) is 5.14. The number of amides is 1. The van der Waals surface area contributed by atoms with E-state index < -0.39 is 0 Å². The van der Waals surface area contributed by atoms with Crippen LogP contribution in [0.2, 0.25) is 0 Å². The summed E-state index contributed by atoms with van der Waals surface area (Å²) in [5.41, 5.74) is 2.14. The number of carbonyl (C=O) groups excluding carboxylic acids is 1. The zero-order chi connectivity index (χ0) is 11.4. The van der Waals surface area contributed by atoms with Crippen LogP contribution in [-0.2, 0) is 11.3 Å². The van der Waals surface area contributed by atoms with Crippen molar-refractivity contribution in [2.75, 3.05) is 14.1 Å². The lowest BCUT2D eigenvalue weighted by atomic mass is 10.2. The van der Waals surface area contributed by atoms with Crippen LogP contribution in [0.4, 0.5) is 0 Å². The van der Waals surface area contributed by atoms with Crippen LogP contribution in [0, 0.1) is 20.2 Å². The summed E-state index contributed by atoms with van der Waals surface area (Å²) in [6.45, 7) is 4.80. The number of hydrogen-bond acceptors (Lipinski definition) is 2. The van der Waals surface area contributed by atoms with Crippen LogP contribution in [-0.4, -0.2) is 34.5 Å². The van der Waals surface area contributed by atoms with Gasteiger partial charge in [-0.2, -0.15) is 0 Å². The SMILES string of the molecule is Cc1n[c]n(CCCC(=O)N(C)C)c1C. The van der Waals surface area contributed by atoms with Crippen molar-refractivity contribution < 1.29 is 4.79 Å². The van der Waals surface area contributed by atoms with E-state index in [1.54, 1.807) is 19.0 Å². The van der Waals surface area contributed by atoms with Crippen LogP contribution >= 0.6 is 0 Å². The molecule has 0 aliphatic carbocycles. The molecule has 0 unspecified atom stereocenters. The fraction of sp³-hybridized carbons (Fsp3) is 0.636. The lowest BCUT2D eigenvalue weighted by Gasteiger charge is -2.10. The Kier molecular flexibility index (Phi) is 3.88. The molecular weight excluding hydrogens is 190 g/mol. The van der Waals surface area contributed by atoms with Gasteiger partial charge in [0.15, 0.2) is 6.33 Å². The number of aryl methyl sites for hydroxylation is 2. The first kappa shape index (κ1) is 11.8. The molecule has 0 fully saturated rings. The summed E-state index contributed by atoms with van der Waals surface area (Å²) in [7, 11) is 3.56. The van der Waals surface area contributed by atoms with Gasteiger partial charge in [0.05, 0.1) is 5.69 Å². The highest BCUT2D eigenvalue weighted by Gasteiger charge is 2.05. The average Bonchev–Trinajstić information content (AvgIpc) is 2.49. The average molecular weight is 208 g/mol. The molecule has 0 aliphatic heterocycles. The van der Waals surface area contributed by atoms with E-state index >= 15 is 0 Å². The number of hydrogen-bond donors (Lipinski definition) is 0. The van der Waals surface area contributed by atoms with Crippen molar-refractivity contribution in [3.63, 3.8) is 0 Å². The smallest absolute Gasteiger partial charge is 0.222 e. The summed E-state index contributed by atoms with van der Waals surface area (Å²) < 4.78 is 1.97. The molecule has 0 aromatic carbocycles. The van der Waals surface area contributed by atoms with Crippen LogP contribution in [0.25, 0.3) is 0 Å². The molecule has 83 valence electrons. The van der Waals surface area contributed by atoms with Crippen molar-refractivity contribution >= 4 is 5.91 Å². The van der Waals surface area contributed by atoms with E-state index in [2.05, 4.69) is 11.3 Å². The second-order valence-corrected chi connectivity index (χ2v) is 3.93. The van der Waals surface area contributed by atoms with Gasteiger partial charge in [-0.15, -0.1) is 0 Å². The summed E-state index contributed by atoms with van der Waals surface area (Å²) in [6, 6.07) is 0. The highest BCUT2D eigenvalue weighted by molar-refractivity contribution is 5.75. The van der Waals surface area contributed by atoms with Crippen LogP contribution in [0.15, 0.2) is 0 Å². The molecule has 0 bridgehead atoms. The minimum Gasteiger partial charge on any atom is -0.349 e. The topological polar surface area (TPSA) is 38.1 Å². The third-order valence-corrected chi connectivity index (χ3v) is 2.54. The molecule has 0 atom stereocenters. The van der Waals surface area contributed by atoms with Crippen molar-refractivity contribution in [3.05, 3.63) is 17.7 Å². The van der Waals surface area contributed by atoms with E-state index in [1.165, 1.54) is 0 Å². The summed E-state index contributed by atoms with van der Waals surface area (Å²) in [4.78, 5) is 17.0. The van der Waals surface area contributed by atoms with Gasteiger partial charge in [-0.05, 0) is 20.3 Å². The quantitative estimate of drug-likeness (QED) is 0.745. The molecule has 4 heteroatoms. The predicted octanol–water partition coefficient (Wildman–Crippen LogP) is 1.17. The van der Waals surface area contributed by atoms with E-state index in [0.717, 1.165) is 24.4 Å². The number of nitrogens with zero attached hydrogens (tertiary/aromatic N) is 3. The Morgan fingerprint density at radius 3 is 2.60 bits per heavy atom. The van der Waals surface area contributed by atoms with E-state index in [9.17, 15) is 4.79 Å². The molecule has 1 aromatic heterocycles. The van der Waals surface area contributed by atoms with Gasteiger partial charge in [-0.3, -0.25) is 4.79 Å².